The first-order valence-corrected chi connectivity index (χ1v) is 4.64. The monoisotopic (exact) mass is 241 g/mol. The predicted molar refractivity (Wildman–Crippen MR) is 70.2 cm³/mol. The van der Waals surface area contributed by atoms with Gasteiger partial charge in [-0.05, 0) is 24.1 Å². The molecule has 0 fully saturated rings. The van der Waals surface area contributed by atoms with Crippen LogP contribution in [0.3, 0.4) is 0 Å². The van der Waals surface area contributed by atoms with Gasteiger partial charge in [-0.3, -0.25) is 0 Å². The van der Waals surface area contributed by atoms with Crippen molar-refractivity contribution in [2.75, 3.05) is 0 Å². The average molecular weight is 242 g/mol. The van der Waals surface area contributed by atoms with Crippen molar-refractivity contribution in [3.63, 3.8) is 0 Å². The molecule has 0 unspecified atom stereocenters. The summed E-state index contributed by atoms with van der Waals surface area (Å²) in [4.78, 5) is 7.64. The molecule has 0 heterocycles. The molecule has 5 nitrogen and oxygen atoms in total. The molecule has 0 aromatic heterocycles. The van der Waals surface area contributed by atoms with Gasteiger partial charge >= 0.3 is 0 Å². The van der Waals surface area contributed by atoms with E-state index in [2.05, 4.69) is 16.9 Å². The summed E-state index contributed by atoms with van der Waals surface area (Å²) in [6, 6.07) is 7.71. The van der Waals surface area contributed by atoms with Crippen LogP contribution in [0, 0.1) is 0 Å². The Morgan fingerprint density at radius 3 is 2.12 bits per heavy atom. The van der Waals surface area contributed by atoms with Crippen molar-refractivity contribution in [1.82, 2.24) is 0 Å². The number of hydrogen-bond acceptors (Lipinski definition) is 1. The van der Waals surface area contributed by atoms with Crippen LogP contribution in [-0.4, -0.2) is 11.9 Å². The molecule has 0 radical (unpaired) electrons. The molecule has 6 heteroatoms. The van der Waals surface area contributed by atoms with Gasteiger partial charge in [-0.2, -0.15) is 4.99 Å². The minimum atomic E-state index is -0.0959. The van der Waals surface area contributed by atoms with E-state index in [0.29, 0.717) is 0 Å². The lowest BCUT2D eigenvalue weighted by molar-refractivity contribution is 1.14. The molecule has 0 aliphatic carbocycles. The van der Waals surface area contributed by atoms with E-state index < -0.39 is 0 Å². The zero-order valence-electron chi connectivity index (χ0n) is 9.05. The summed E-state index contributed by atoms with van der Waals surface area (Å²) in [5.74, 6) is -0.0410. The topological polar surface area (TPSA) is 103 Å². The summed E-state index contributed by atoms with van der Waals surface area (Å²) in [5, 5.41) is 0. The summed E-state index contributed by atoms with van der Waals surface area (Å²) >= 11 is 0. The third-order valence-corrected chi connectivity index (χ3v) is 1.83. The smallest absolute Gasteiger partial charge is 0.223 e. The third-order valence-electron chi connectivity index (χ3n) is 1.83. The molecule has 0 atom stereocenters. The Hall–Kier alpha value is -1.75. The zero-order valence-corrected chi connectivity index (χ0v) is 9.87. The maximum Gasteiger partial charge on any atom is 0.223 e. The molecule has 16 heavy (non-hydrogen) atoms. The standard InChI is InChI=1S/C10H15N5.ClH/c1-2-7-3-5-8(6-4-7)14-10(13)15-9(11)12;/h3-6H,2H2,1H3,(H6,11,12,13,14,15);1H. The molecule has 1 aromatic carbocycles. The maximum atomic E-state index is 5.48. The van der Waals surface area contributed by atoms with Gasteiger partial charge in [-0.1, -0.05) is 19.1 Å². The summed E-state index contributed by atoms with van der Waals surface area (Å²) in [5.41, 5.74) is 17.8. The average Bonchev–Trinajstić information content (AvgIpc) is 2.17. The van der Waals surface area contributed by atoms with Crippen LogP contribution in [-0.2, 0) is 6.42 Å². The number of nitrogens with zero attached hydrogens (tertiary/aromatic N) is 2. The maximum absolute atomic E-state index is 5.48. The molecule has 0 saturated carbocycles. The number of aliphatic imine (C=N–C) groups is 2. The van der Waals surface area contributed by atoms with Crippen LogP contribution >= 0.6 is 12.4 Å². The van der Waals surface area contributed by atoms with Crippen LogP contribution in [0.2, 0.25) is 0 Å². The molecule has 1 aromatic rings. The first kappa shape index (κ1) is 14.2. The Kier molecular flexibility index (Phi) is 5.95. The fourth-order valence-electron chi connectivity index (χ4n) is 1.10. The van der Waals surface area contributed by atoms with Gasteiger partial charge in [0.25, 0.3) is 0 Å². The molecule has 0 spiro atoms. The van der Waals surface area contributed by atoms with E-state index in [1.807, 2.05) is 24.3 Å². The third kappa shape index (κ3) is 4.65. The van der Waals surface area contributed by atoms with Crippen molar-refractivity contribution in [2.24, 2.45) is 27.2 Å². The number of nitrogens with two attached hydrogens (primary N) is 3. The lowest BCUT2D eigenvalue weighted by Crippen LogP contribution is -2.26. The van der Waals surface area contributed by atoms with Crippen molar-refractivity contribution in [2.45, 2.75) is 13.3 Å². The van der Waals surface area contributed by atoms with Crippen molar-refractivity contribution in [3.8, 4) is 0 Å². The Bertz CT molecular complexity index is 379. The molecule has 0 aliphatic heterocycles. The fraction of sp³-hybridized carbons (Fsp3) is 0.200. The lowest BCUT2D eigenvalue weighted by Gasteiger charge is -1.98. The van der Waals surface area contributed by atoms with E-state index in [1.54, 1.807) is 0 Å². The summed E-state index contributed by atoms with van der Waals surface area (Å²) in [6.07, 6.45) is 0.993. The van der Waals surface area contributed by atoms with Gasteiger partial charge in [-0.15, -0.1) is 12.4 Å². The normalized spacial score (nSPS) is 10.4. The number of aryl methyl sites for hydroxylation is 1. The van der Waals surface area contributed by atoms with Gasteiger partial charge < -0.3 is 17.2 Å². The van der Waals surface area contributed by atoms with Crippen LogP contribution in [0.1, 0.15) is 12.5 Å². The SMILES string of the molecule is CCc1ccc(N=C(N)N=C(N)N)cc1.Cl. The van der Waals surface area contributed by atoms with Crippen molar-refractivity contribution in [3.05, 3.63) is 29.8 Å². The number of guanidine groups is 2. The second-order valence-electron chi connectivity index (χ2n) is 3.03. The highest BCUT2D eigenvalue weighted by Gasteiger charge is 1.93. The van der Waals surface area contributed by atoms with Crippen LogP contribution in [0.4, 0.5) is 5.69 Å². The van der Waals surface area contributed by atoms with Crippen molar-refractivity contribution < 1.29 is 0 Å². The van der Waals surface area contributed by atoms with Crippen LogP contribution in [0.15, 0.2) is 34.3 Å². The first-order chi connectivity index (χ1) is 7.11. The van der Waals surface area contributed by atoms with Gasteiger partial charge in [0.1, 0.15) is 0 Å². The van der Waals surface area contributed by atoms with E-state index in [4.69, 9.17) is 17.2 Å². The zero-order chi connectivity index (χ0) is 11.3. The molecule has 88 valence electrons. The van der Waals surface area contributed by atoms with Crippen LogP contribution in [0.5, 0.6) is 0 Å². The Labute approximate surface area is 101 Å². The summed E-state index contributed by atoms with van der Waals surface area (Å²) < 4.78 is 0. The van der Waals surface area contributed by atoms with E-state index in [9.17, 15) is 0 Å². The first-order valence-electron chi connectivity index (χ1n) is 4.64. The molecule has 0 saturated heterocycles. The van der Waals surface area contributed by atoms with Crippen LogP contribution < -0.4 is 17.2 Å². The Balaban J connectivity index is 0.00000225. The number of rotatable bonds is 2. The molecular formula is C10H16ClN5. The number of halogens is 1. The van der Waals surface area contributed by atoms with Gasteiger partial charge in [0.05, 0.1) is 5.69 Å². The molecule has 0 aliphatic rings. The molecular weight excluding hydrogens is 226 g/mol. The highest BCUT2D eigenvalue weighted by atomic mass is 35.5. The molecule has 1 rings (SSSR count). The van der Waals surface area contributed by atoms with Gasteiger partial charge in [-0.25, -0.2) is 4.99 Å². The van der Waals surface area contributed by atoms with Gasteiger partial charge in [0.2, 0.25) is 5.96 Å². The predicted octanol–water partition coefficient (Wildman–Crippen LogP) is 0.890. The minimum Gasteiger partial charge on any atom is -0.370 e. The second-order valence-corrected chi connectivity index (χ2v) is 3.03. The fourth-order valence-corrected chi connectivity index (χ4v) is 1.10. The largest absolute Gasteiger partial charge is 0.370 e. The van der Waals surface area contributed by atoms with E-state index in [-0.39, 0.29) is 24.3 Å². The molecule has 6 N–H and O–H groups in total. The van der Waals surface area contributed by atoms with Gasteiger partial charge in [0.15, 0.2) is 5.96 Å². The highest BCUT2D eigenvalue weighted by molar-refractivity contribution is 5.93. The number of hydrogen-bond donors (Lipinski definition) is 3. The Morgan fingerprint density at radius 2 is 1.69 bits per heavy atom. The molecule has 0 bridgehead atoms. The second kappa shape index (κ2) is 6.68. The minimum absolute atomic E-state index is 0. The summed E-state index contributed by atoms with van der Waals surface area (Å²) in [6.45, 7) is 2.09. The quantitative estimate of drug-likeness (QED) is 0.529. The summed E-state index contributed by atoms with van der Waals surface area (Å²) in [7, 11) is 0. The number of benzene rings is 1. The van der Waals surface area contributed by atoms with Gasteiger partial charge in [0, 0.05) is 0 Å². The van der Waals surface area contributed by atoms with E-state index in [0.717, 1.165) is 12.1 Å². The Morgan fingerprint density at radius 1 is 1.12 bits per heavy atom. The van der Waals surface area contributed by atoms with Crippen LogP contribution in [0.25, 0.3) is 0 Å². The van der Waals surface area contributed by atoms with Crippen molar-refractivity contribution in [1.29, 1.82) is 0 Å². The highest BCUT2D eigenvalue weighted by Crippen LogP contribution is 2.13. The lowest BCUT2D eigenvalue weighted by atomic mass is 10.2. The van der Waals surface area contributed by atoms with E-state index in [1.165, 1.54) is 5.56 Å². The molecule has 0 amide bonds. The van der Waals surface area contributed by atoms with E-state index >= 15 is 0 Å². The van der Waals surface area contributed by atoms with Crippen molar-refractivity contribution >= 4 is 30.0 Å².